The Morgan fingerprint density at radius 1 is 1.18 bits per heavy atom. The van der Waals surface area contributed by atoms with Gasteiger partial charge in [0.05, 0.1) is 5.52 Å². The number of para-hydroxylation sites is 1. The molecule has 2 heterocycles. The summed E-state index contributed by atoms with van der Waals surface area (Å²) in [7, 11) is 0. The maximum Gasteiger partial charge on any atom is 0.143 e. The number of hydrogen-bond donors (Lipinski definition) is 0. The Labute approximate surface area is 111 Å². The van der Waals surface area contributed by atoms with Crippen LogP contribution in [0.5, 0.6) is 0 Å². The van der Waals surface area contributed by atoms with E-state index in [2.05, 4.69) is 38.0 Å². The minimum Gasteiger partial charge on any atom is -0.244 e. The van der Waals surface area contributed by atoms with Crippen LogP contribution in [0.4, 0.5) is 0 Å². The molecule has 0 amide bonds. The molecule has 0 saturated heterocycles. The summed E-state index contributed by atoms with van der Waals surface area (Å²) in [5.41, 5.74) is 2.95. The van der Waals surface area contributed by atoms with Gasteiger partial charge in [-0.2, -0.15) is 0 Å². The van der Waals surface area contributed by atoms with Gasteiger partial charge >= 0.3 is 0 Å². The second-order valence-electron chi connectivity index (χ2n) is 3.81. The predicted molar refractivity (Wildman–Crippen MR) is 75.3 cm³/mol. The van der Waals surface area contributed by atoms with Gasteiger partial charge in [-0.15, -0.1) is 11.3 Å². The molecule has 0 aliphatic heterocycles. The summed E-state index contributed by atoms with van der Waals surface area (Å²) in [5, 5.41) is 4.13. The molecule has 0 aliphatic carbocycles. The predicted octanol–water partition coefficient (Wildman–Crippen LogP) is 4.43. The Morgan fingerprint density at radius 3 is 2.76 bits per heavy atom. The van der Waals surface area contributed by atoms with Crippen molar-refractivity contribution in [3.05, 3.63) is 45.9 Å². The molecule has 1 aromatic carbocycles. The average molecular weight is 305 g/mol. The van der Waals surface area contributed by atoms with E-state index in [-0.39, 0.29) is 0 Å². The van der Waals surface area contributed by atoms with E-state index in [0.717, 1.165) is 31.8 Å². The molecule has 84 valence electrons. The standard InChI is InChI=1S/C13H9BrN2S/c1-8-7-17-13(15-8)12-10(14)6-9-4-2-3-5-11(9)16-12/h2-7H,1H3. The van der Waals surface area contributed by atoms with Crippen LogP contribution in [0, 0.1) is 6.92 Å². The molecule has 3 rings (SSSR count). The van der Waals surface area contributed by atoms with Crippen molar-refractivity contribution < 1.29 is 0 Å². The molecule has 0 bridgehead atoms. The molecule has 17 heavy (non-hydrogen) atoms. The van der Waals surface area contributed by atoms with E-state index in [9.17, 15) is 0 Å². The van der Waals surface area contributed by atoms with E-state index in [4.69, 9.17) is 0 Å². The molecular weight excluding hydrogens is 296 g/mol. The monoisotopic (exact) mass is 304 g/mol. The lowest BCUT2D eigenvalue weighted by Crippen LogP contribution is -1.87. The summed E-state index contributed by atoms with van der Waals surface area (Å²) >= 11 is 5.19. The zero-order valence-corrected chi connectivity index (χ0v) is 11.5. The van der Waals surface area contributed by atoms with E-state index in [1.54, 1.807) is 11.3 Å². The van der Waals surface area contributed by atoms with Gasteiger partial charge in [0.1, 0.15) is 10.7 Å². The highest BCUT2D eigenvalue weighted by Crippen LogP contribution is 2.31. The fourth-order valence-electron chi connectivity index (χ4n) is 1.70. The topological polar surface area (TPSA) is 25.8 Å². The van der Waals surface area contributed by atoms with E-state index in [0.29, 0.717) is 0 Å². The van der Waals surface area contributed by atoms with Gasteiger partial charge in [-0.05, 0) is 35.0 Å². The average Bonchev–Trinajstić information content (AvgIpc) is 2.75. The van der Waals surface area contributed by atoms with Crippen LogP contribution in [0.2, 0.25) is 0 Å². The highest BCUT2D eigenvalue weighted by Gasteiger charge is 2.10. The Balaban J connectivity index is 2.26. The molecule has 0 fully saturated rings. The number of hydrogen-bond acceptors (Lipinski definition) is 3. The van der Waals surface area contributed by atoms with Gasteiger partial charge in [-0.1, -0.05) is 18.2 Å². The minimum absolute atomic E-state index is 0.918. The highest BCUT2D eigenvalue weighted by molar-refractivity contribution is 9.10. The van der Waals surface area contributed by atoms with E-state index in [1.165, 1.54) is 0 Å². The number of pyridine rings is 1. The van der Waals surface area contributed by atoms with Crippen LogP contribution in [0.25, 0.3) is 21.6 Å². The third-order valence-electron chi connectivity index (χ3n) is 2.50. The number of fused-ring (bicyclic) bond motifs is 1. The molecule has 2 nitrogen and oxygen atoms in total. The Bertz CT molecular complexity index is 691. The van der Waals surface area contributed by atoms with E-state index in [1.807, 2.05) is 30.5 Å². The molecule has 0 atom stereocenters. The normalized spacial score (nSPS) is 10.9. The zero-order valence-electron chi connectivity index (χ0n) is 9.14. The van der Waals surface area contributed by atoms with Crippen LogP contribution in [0.3, 0.4) is 0 Å². The molecular formula is C13H9BrN2S. The van der Waals surface area contributed by atoms with Crippen molar-refractivity contribution in [2.24, 2.45) is 0 Å². The van der Waals surface area contributed by atoms with Gasteiger partial charge in [0, 0.05) is 20.9 Å². The molecule has 0 spiro atoms. The van der Waals surface area contributed by atoms with Crippen LogP contribution in [-0.4, -0.2) is 9.97 Å². The zero-order chi connectivity index (χ0) is 11.8. The van der Waals surface area contributed by atoms with Gasteiger partial charge in [0.2, 0.25) is 0 Å². The first-order valence-corrected chi connectivity index (χ1v) is 6.89. The van der Waals surface area contributed by atoms with Gasteiger partial charge in [-0.3, -0.25) is 0 Å². The molecule has 0 saturated carbocycles. The quantitative estimate of drug-likeness (QED) is 0.664. The fourth-order valence-corrected chi connectivity index (χ4v) is 3.16. The van der Waals surface area contributed by atoms with Gasteiger partial charge in [0.15, 0.2) is 0 Å². The van der Waals surface area contributed by atoms with Crippen molar-refractivity contribution >= 4 is 38.2 Å². The van der Waals surface area contributed by atoms with Gasteiger partial charge < -0.3 is 0 Å². The van der Waals surface area contributed by atoms with Crippen molar-refractivity contribution in [2.45, 2.75) is 6.92 Å². The maximum atomic E-state index is 4.66. The van der Waals surface area contributed by atoms with Crippen molar-refractivity contribution in [2.75, 3.05) is 0 Å². The smallest absolute Gasteiger partial charge is 0.143 e. The summed E-state index contributed by atoms with van der Waals surface area (Å²) in [5.74, 6) is 0. The molecule has 0 radical (unpaired) electrons. The first kappa shape index (κ1) is 10.9. The van der Waals surface area contributed by atoms with Crippen molar-refractivity contribution in [3.8, 4) is 10.7 Å². The first-order chi connectivity index (χ1) is 8.24. The second-order valence-corrected chi connectivity index (χ2v) is 5.52. The van der Waals surface area contributed by atoms with Crippen molar-refractivity contribution in [3.63, 3.8) is 0 Å². The number of halogens is 1. The Morgan fingerprint density at radius 2 is 2.00 bits per heavy atom. The second kappa shape index (κ2) is 4.20. The molecule has 0 N–H and O–H groups in total. The number of aromatic nitrogens is 2. The summed E-state index contributed by atoms with van der Waals surface area (Å²) < 4.78 is 0.991. The fraction of sp³-hybridized carbons (Fsp3) is 0.0769. The molecule has 4 heteroatoms. The molecule has 0 unspecified atom stereocenters. The third-order valence-corrected chi connectivity index (χ3v) is 4.07. The number of rotatable bonds is 1. The van der Waals surface area contributed by atoms with E-state index >= 15 is 0 Å². The number of aryl methyl sites for hydroxylation is 1. The minimum atomic E-state index is 0.918. The lowest BCUT2D eigenvalue weighted by Gasteiger charge is -2.03. The molecule has 2 aromatic heterocycles. The molecule has 3 aromatic rings. The third kappa shape index (κ3) is 1.98. The van der Waals surface area contributed by atoms with Gasteiger partial charge in [-0.25, -0.2) is 9.97 Å². The SMILES string of the molecule is Cc1csc(-c2nc3ccccc3cc2Br)n1. The number of nitrogens with zero attached hydrogens (tertiary/aromatic N) is 2. The van der Waals surface area contributed by atoms with Crippen LogP contribution >= 0.6 is 27.3 Å². The summed E-state index contributed by atoms with van der Waals surface area (Å²) in [6.45, 7) is 1.99. The number of benzene rings is 1. The van der Waals surface area contributed by atoms with Crippen LogP contribution in [0.1, 0.15) is 5.69 Å². The largest absolute Gasteiger partial charge is 0.244 e. The van der Waals surface area contributed by atoms with Crippen molar-refractivity contribution in [1.29, 1.82) is 0 Å². The van der Waals surface area contributed by atoms with Crippen LogP contribution < -0.4 is 0 Å². The maximum absolute atomic E-state index is 4.66. The Hall–Kier alpha value is -1.26. The lowest BCUT2D eigenvalue weighted by molar-refractivity contribution is 1.24. The van der Waals surface area contributed by atoms with Crippen LogP contribution in [-0.2, 0) is 0 Å². The highest BCUT2D eigenvalue weighted by atomic mass is 79.9. The van der Waals surface area contributed by atoms with Crippen molar-refractivity contribution in [1.82, 2.24) is 9.97 Å². The Kier molecular flexibility index (Phi) is 2.68. The molecule has 0 aliphatic rings. The van der Waals surface area contributed by atoms with Crippen LogP contribution in [0.15, 0.2) is 40.2 Å². The van der Waals surface area contributed by atoms with Gasteiger partial charge in [0.25, 0.3) is 0 Å². The lowest BCUT2D eigenvalue weighted by atomic mass is 10.2. The summed E-state index contributed by atoms with van der Waals surface area (Å²) in [6, 6.07) is 10.2. The first-order valence-electron chi connectivity index (χ1n) is 5.22. The van der Waals surface area contributed by atoms with E-state index < -0.39 is 0 Å². The number of thiazole rings is 1. The summed E-state index contributed by atoms with van der Waals surface area (Å²) in [4.78, 5) is 9.13. The summed E-state index contributed by atoms with van der Waals surface area (Å²) in [6.07, 6.45) is 0.